The van der Waals surface area contributed by atoms with Crippen LogP contribution < -0.4 is 9.80 Å². The van der Waals surface area contributed by atoms with E-state index in [1.165, 1.54) is 17.7 Å². The number of hydrogen-bond donors (Lipinski definition) is 1. The van der Waals surface area contributed by atoms with Gasteiger partial charge >= 0.3 is 0 Å². The maximum Gasteiger partial charge on any atom is 0.281 e. The van der Waals surface area contributed by atoms with Crippen LogP contribution in [-0.2, 0) is 4.79 Å². The summed E-state index contributed by atoms with van der Waals surface area (Å²) in [6.45, 7) is 5.29. The van der Waals surface area contributed by atoms with Crippen molar-refractivity contribution < 1.29 is 9.69 Å². The number of carbonyl (C=O) groups is 1. The fourth-order valence-electron chi connectivity index (χ4n) is 3.94. The highest BCUT2D eigenvalue weighted by Crippen LogP contribution is 2.30. The molecule has 1 fully saturated rings. The van der Waals surface area contributed by atoms with Crippen molar-refractivity contribution in [2.75, 3.05) is 24.7 Å². The van der Waals surface area contributed by atoms with Gasteiger partial charge in [-0.3, -0.25) is 9.69 Å². The van der Waals surface area contributed by atoms with Crippen LogP contribution >= 0.6 is 15.9 Å². The van der Waals surface area contributed by atoms with Gasteiger partial charge in [0.15, 0.2) is 6.67 Å². The summed E-state index contributed by atoms with van der Waals surface area (Å²) in [4.78, 5) is 21.2. The number of carbonyl (C=O) groups excluding carboxylic acids is 1. The molecule has 1 N–H and O–H groups in total. The van der Waals surface area contributed by atoms with Gasteiger partial charge in [0.2, 0.25) is 0 Å². The molecule has 0 spiro atoms. The summed E-state index contributed by atoms with van der Waals surface area (Å²) in [7, 11) is 0. The molecular weight excluding hydrogens is 390 g/mol. The number of para-hydroxylation sites is 1. The minimum absolute atomic E-state index is 0.0137. The molecule has 4 nitrogen and oxygen atoms in total. The number of fused-ring (bicyclic) bond motifs is 1. The molecule has 5 heteroatoms. The van der Waals surface area contributed by atoms with Crippen LogP contribution in [0.1, 0.15) is 25.3 Å². The van der Waals surface area contributed by atoms with Gasteiger partial charge in [-0.2, -0.15) is 0 Å². The number of anilines is 1. The highest BCUT2D eigenvalue weighted by atomic mass is 79.9. The van der Waals surface area contributed by atoms with Crippen molar-refractivity contribution in [3.05, 3.63) is 58.6 Å². The van der Waals surface area contributed by atoms with Gasteiger partial charge in [0.05, 0.1) is 24.5 Å². The Kier molecular flexibility index (Phi) is 4.92. The van der Waals surface area contributed by atoms with E-state index in [0.717, 1.165) is 47.1 Å². The summed E-state index contributed by atoms with van der Waals surface area (Å²) < 4.78 is 1.00. The number of halogens is 1. The number of benzene rings is 2. The second kappa shape index (κ2) is 7.33. The molecule has 1 amide bonds. The van der Waals surface area contributed by atoms with Gasteiger partial charge in [0, 0.05) is 16.0 Å². The third kappa shape index (κ3) is 3.46. The Hall–Kier alpha value is -1.98. The first-order valence-corrected chi connectivity index (χ1v) is 10.00. The second-order valence-electron chi connectivity index (χ2n) is 7.30. The van der Waals surface area contributed by atoms with Gasteiger partial charge < -0.3 is 4.90 Å². The van der Waals surface area contributed by atoms with Crippen molar-refractivity contribution in [1.29, 1.82) is 0 Å². The van der Waals surface area contributed by atoms with Crippen LogP contribution in [0.3, 0.4) is 0 Å². The Morgan fingerprint density at radius 2 is 1.96 bits per heavy atom. The normalized spacial score (nSPS) is 24.2. The van der Waals surface area contributed by atoms with Crippen LogP contribution in [0.2, 0.25) is 0 Å². The molecule has 2 heterocycles. The van der Waals surface area contributed by atoms with E-state index in [0.29, 0.717) is 5.71 Å². The number of amides is 1. The molecule has 134 valence electrons. The maximum absolute atomic E-state index is 13.2. The first kappa shape index (κ1) is 17.4. The van der Waals surface area contributed by atoms with Crippen molar-refractivity contribution >= 4 is 38.9 Å². The number of nitrogens with zero attached hydrogens (tertiary/aromatic N) is 2. The SMILES string of the molecule is C[C@@H]1CCC[NH+](CN2C(=O)C(=Nc3ccc(Br)cc3)c3ccccc32)C1. The van der Waals surface area contributed by atoms with E-state index in [4.69, 9.17) is 0 Å². The molecule has 0 bridgehead atoms. The molecule has 1 unspecified atom stereocenters. The zero-order valence-electron chi connectivity index (χ0n) is 14.9. The molecule has 0 aromatic heterocycles. The van der Waals surface area contributed by atoms with Crippen molar-refractivity contribution in [2.45, 2.75) is 19.8 Å². The van der Waals surface area contributed by atoms with E-state index < -0.39 is 0 Å². The molecule has 4 rings (SSSR count). The molecule has 0 aliphatic carbocycles. The van der Waals surface area contributed by atoms with Crippen LogP contribution in [0.4, 0.5) is 11.4 Å². The quantitative estimate of drug-likeness (QED) is 0.825. The average Bonchev–Trinajstić information content (AvgIpc) is 2.90. The van der Waals surface area contributed by atoms with Crippen molar-refractivity contribution in [3.8, 4) is 0 Å². The summed E-state index contributed by atoms with van der Waals surface area (Å²) >= 11 is 3.44. The molecule has 2 aliphatic rings. The van der Waals surface area contributed by atoms with Crippen molar-refractivity contribution in [3.63, 3.8) is 0 Å². The first-order valence-electron chi connectivity index (χ1n) is 9.21. The molecule has 0 radical (unpaired) electrons. The van der Waals surface area contributed by atoms with Crippen LogP contribution in [0.15, 0.2) is 58.0 Å². The minimum Gasteiger partial charge on any atom is -0.317 e. The summed E-state index contributed by atoms with van der Waals surface area (Å²) in [5.41, 5.74) is 3.27. The first-order chi connectivity index (χ1) is 12.6. The lowest BCUT2D eigenvalue weighted by Gasteiger charge is -2.31. The Morgan fingerprint density at radius 1 is 1.19 bits per heavy atom. The van der Waals surface area contributed by atoms with E-state index in [1.807, 2.05) is 53.4 Å². The predicted molar refractivity (Wildman–Crippen MR) is 108 cm³/mol. The van der Waals surface area contributed by atoms with E-state index in [2.05, 4.69) is 27.8 Å². The Bertz CT molecular complexity index is 847. The van der Waals surface area contributed by atoms with Gasteiger partial charge in [-0.25, -0.2) is 4.99 Å². The standard InChI is InChI=1S/C21H22BrN3O/c1-15-5-4-12-24(13-15)14-25-19-7-3-2-6-18(19)20(21(25)26)23-17-10-8-16(22)9-11-17/h2-3,6-11,15H,4-5,12-14H2,1H3/p+1/t15-/m1/s1. The Balaban J connectivity index is 1.65. The second-order valence-corrected chi connectivity index (χ2v) is 8.21. The van der Waals surface area contributed by atoms with E-state index in [-0.39, 0.29) is 5.91 Å². The van der Waals surface area contributed by atoms with Crippen LogP contribution in [0.5, 0.6) is 0 Å². The molecular formula is C21H23BrN3O+. The lowest BCUT2D eigenvalue weighted by atomic mass is 10.0. The molecule has 2 atom stereocenters. The molecule has 0 saturated carbocycles. The number of quaternary nitrogens is 1. The lowest BCUT2D eigenvalue weighted by molar-refractivity contribution is -0.907. The van der Waals surface area contributed by atoms with Crippen molar-refractivity contribution in [1.82, 2.24) is 0 Å². The fraction of sp³-hybridized carbons (Fsp3) is 0.333. The number of nitrogens with one attached hydrogen (secondary N) is 1. The predicted octanol–water partition coefficient (Wildman–Crippen LogP) is 3.19. The lowest BCUT2D eigenvalue weighted by Crippen LogP contribution is -3.15. The van der Waals surface area contributed by atoms with Crippen LogP contribution in [0.25, 0.3) is 0 Å². The Morgan fingerprint density at radius 3 is 2.73 bits per heavy atom. The summed E-state index contributed by atoms with van der Waals surface area (Å²) in [5, 5.41) is 0. The van der Waals surface area contributed by atoms with Gasteiger partial charge in [-0.1, -0.05) is 41.1 Å². The fourth-order valence-corrected chi connectivity index (χ4v) is 4.20. The third-order valence-corrected chi connectivity index (χ3v) is 5.74. The molecule has 2 aromatic carbocycles. The number of rotatable bonds is 3. The number of likely N-dealkylation sites (tertiary alicyclic amines) is 1. The topological polar surface area (TPSA) is 37.1 Å². The number of aliphatic imine (C=N–C) groups is 1. The third-order valence-electron chi connectivity index (χ3n) is 5.21. The van der Waals surface area contributed by atoms with E-state index >= 15 is 0 Å². The van der Waals surface area contributed by atoms with Crippen LogP contribution in [-0.4, -0.2) is 31.4 Å². The maximum atomic E-state index is 13.2. The van der Waals surface area contributed by atoms with Gasteiger partial charge in [0.1, 0.15) is 5.71 Å². The summed E-state index contributed by atoms with van der Waals surface area (Å²) in [6.07, 6.45) is 2.53. The minimum atomic E-state index is 0.0137. The van der Waals surface area contributed by atoms with Gasteiger partial charge in [-0.05, 0) is 43.2 Å². The Labute approximate surface area is 162 Å². The number of piperidine rings is 1. The molecule has 26 heavy (non-hydrogen) atoms. The van der Waals surface area contributed by atoms with Crippen molar-refractivity contribution in [2.24, 2.45) is 10.9 Å². The highest BCUT2D eigenvalue weighted by molar-refractivity contribution is 9.10. The molecule has 2 aliphatic heterocycles. The average molecular weight is 413 g/mol. The van der Waals surface area contributed by atoms with E-state index in [1.54, 1.807) is 0 Å². The van der Waals surface area contributed by atoms with Gasteiger partial charge in [0.25, 0.3) is 5.91 Å². The number of hydrogen-bond acceptors (Lipinski definition) is 2. The largest absolute Gasteiger partial charge is 0.317 e. The zero-order chi connectivity index (χ0) is 18.1. The smallest absolute Gasteiger partial charge is 0.281 e. The molecule has 1 saturated heterocycles. The zero-order valence-corrected chi connectivity index (χ0v) is 16.5. The highest BCUT2D eigenvalue weighted by Gasteiger charge is 2.36. The summed E-state index contributed by atoms with van der Waals surface area (Å²) in [6, 6.07) is 15.7. The monoisotopic (exact) mass is 412 g/mol. The van der Waals surface area contributed by atoms with Gasteiger partial charge in [-0.15, -0.1) is 0 Å². The van der Waals surface area contributed by atoms with E-state index in [9.17, 15) is 4.79 Å². The summed E-state index contributed by atoms with van der Waals surface area (Å²) in [5.74, 6) is 0.738. The molecule has 2 aromatic rings. The van der Waals surface area contributed by atoms with Crippen LogP contribution in [0, 0.1) is 5.92 Å².